The molecule has 1 atom stereocenters. The third-order valence-corrected chi connectivity index (χ3v) is 7.18. The molecule has 6 rings (SSSR count). The van der Waals surface area contributed by atoms with Gasteiger partial charge in [0.05, 0.1) is 16.7 Å². The number of anilines is 2. The lowest BCUT2D eigenvalue weighted by atomic mass is 9.95. The maximum Gasteiger partial charge on any atom is 0.330 e. The molecule has 178 valence electrons. The molecule has 1 fully saturated rings. The van der Waals surface area contributed by atoms with Crippen LogP contribution in [0.25, 0.3) is 11.0 Å². The molecule has 5 amide bonds. The molecule has 0 saturated carbocycles. The highest BCUT2D eigenvalue weighted by Crippen LogP contribution is 2.38. The Labute approximate surface area is 198 Å². The van der Waals surface area contributed by atoms with E-state index < -0.39 is 23.2 Å². The quantitative estimate of drug-likeness (QED) is 0.481. The highest BCUT2D eigenvalue weighted by Gasteiger charge is 2.54. The summed E-state index contributed by atoms with van der Waals surface area (Å²) in [6.45, 7) is 1.53. The van der Waals surface area contributed by atoms with Gasteiger partial charge in [0.25, 0.3) is 5.91 Å². The van der Waals surface area contributed by atoms with Crippen LogP contribution in [0, 0.1) is 6.92 Å². The Morgan fingerprint density at radius 1 is 1.06 bits per heavy atom. The van der Waals surface area contributed by atoms with Gasteiger partial charge in [-0.2, -0.15) is 0 Å². The van der Waals surface area contributed by atoms with Gasteiger partial charge >= 0.3 is 11.7 Å². The number of nitrogens with zero attached hydrogens (tertiary/aromatic N) is 3. The Morgan fingerprint density at radius 2 is 1.83 bits per heavy atom. The number of aryl methyl sites for hydroxylation is 1. The second-order valence-corrected chi connectivity index (χ2v) is 9.42. The van der Waals surface area contributed by atoms with Gasteiger partial charge in [-0.15, -0.1) is 0 Å². The molecule has 1 aromatic heterocycles. The zero-order valence-corrected chi connectivity index (χ0v) is 19.1. The molecule has 11 nitrogen and oxygen atoms in total. The van der Waals surface area contributed by atoms with Crippen LogP contribution in [0.1, 0.15) is 16.7 Å². The number of imide groups is 1. The van der Waals surface area contributed by atoms with Crippen LogP contribution in [-0.2, 0) is 40.3 Å². The van der Waals surface area contributed by atoms with Gasteiger partial charge in [0, 0.05) is 25.6 Å². The lowest BCUT2D eigenvalue weighted by Crippen LogP contribution is -2.48. The first-order valence-electron chi connectivity index (χ1n) is 11.2. The SMILES string of the molecule is Cc1cc2c3c(c1)n(CC(=O)Nc1ccc4c(c1)CC1(C4)C(=O)NC(=O)N1C)c(=O)n3CC(=O)N2. The third-order valence-electron chi connectivity index (χ3n) is 7.18. The Kier molecular flexibility index (Phi) is 4.26. The van der Waals surface area contributed by atoms with E-state index in [0.717, 1.165) is 16.7 Å². The van der Waals surface area contributed by atoms with Gasteiger partial charge in [-0.05, 0) is 47.9 Å². The van der Waals surface area contributed by atoms with Crippen molar-refractivity contribution in [1.29, 1.82) is 0 Å². The van der Waals surface area contributed by atoms with E-state index in [1.54, 1.807) is 25.2 Å². The molecule has 0 bridgehead atoms. The molecule has 0 radical (unpaired) electrons. The summed E-state index contributed by atoms with van der Waals surface area (Å²) in [7, 11) is 1.61. The van der Waals surface area contributed by atoms with E-state index in [2.05, 4.69) is 16.0 Å². The topological polar surface area (TPSA) is 135 Å². The number of rotatable bonds is 3. The van der Waals surface area contributed by atoms with Gasteiger partial charge in [0.1, 0.15) is 18.6 Å². The molecule has 11 heteroatoms. The van der Waals surface area contributed by atoms with Gasteiger partial charge in [-0.1, -0.05) is 6.07 Å². The van der Waals surface area contributed by atoms with Crippen LogP contribution in [0.3, 0.4) is 0 Å². The number of nitrogens with one attached hydrogen (secondary N) is 3. The summed E-state index contributed by atoms with van der Waals surface area (Å²) in [6.07, 6.45) is 0.768. The average Bonchev–Trinajstić information content (AvgIpc) is 3.37. The Bertz CT molecular complexity index is 1570. The number of hydrogen-bond donors (Lipinski definition) is 3. The molecular weight excluding hydrogens is 452 g/mol. The molecule has 3 heterocycles. The minimum atomic E-state index is -0.940. The van der Waals surface area contributed by atoms with E-state index in [1.165, 1.54) is 14.0 Å². The third kappa shape index (κ3) is 3.00. The van der Waals surface area contributed by atoms with Crippen molar-refractivity contribution in [2.75, 3.05) is 17.7 Å². The fourth-order valence-corrected chi connectivity index (χ4v) is 5.44. The molecule has 2 aromatic carbocycles. The van der Waals surface area contributed by atoms with Crippen molar-refractivity contribution in [3.63, 3.8) is 0 Å². The Balaban J connectivity index is 1.26. The van der Waals surface area contributed by atoms with E-state index in [4.69, 9.17) is 0 Å². The van der Waals surface area contributed by atoms with Crippen molar-refractivity contribution < 1.29 is 19.2 Å². The molecule has 3 N–H and O–H groups in total. The number of fused-ring (bicyclic) bond motifs is 1. The molecule has 2 aliphatic heterocycles. The van der Waals surface area contributed by atoms with Gasteiger partial charge in [-0.25, -0.2) is 9.59 Å². The summed E-state index contributed by atoms with van der Waals surface area (Å²) < 4.78 is 2.75. The number of urea groups is 1. The van der Waals surface area contributed by atoms with Crippen LogP contribution >= 0.6 is 0 Å². The monoisotopic (exact) mass is 474 g/mol. The van der Waals surface area contributed by atoms with E-state index in [-0.39, 0.29) is 24.9 Å². The molecule has 35 heavy (non-hydrogen) atoms. The van der Waals surface area contributed by atoms with Crippen LogP contribution in [0.2, 0.25) is 0 Å². The first-order chi connectivity index (χ1) is 16.7. The standard InChI is InChI=1S/C24H22N6O5/c1-12-5-16-20-17(6-12)29(23(35)30(20)11-19(32)26-16)10-18(31)25-15-4-3-13-8-24(9-14(13)7-15)21(33)27-22(34)28(24)2/h3-7H,8-11H2,1-2H3,(H,25,31)(H,26,32)(H,27,33,34). The number of carbonyl (C=O) groups excluding carboxylic acids is 4. The number of likely N-dealkylation sites (N-methyl/N-ethyl adjacent to an activating group) is 1. The van der Waals surface area contributed by atoms with Crippen LogP contribution in [-0.4, -0.2) is 50.4 Å². The summed E-state index contributed by atoms with van der Waals surface area (Å²) in [5, 5.41) is 7.99. The number of benzene rings is 2. The first-order valence-corrected chi connectivity index (χ1v) is 11.2. The molecule has 3 aliphatic rings. The number of amides is 5. The van der Waals surface area contributed by atoms with E-state index >= 15 is 0 Å². The first kappa shape index (κ1) is 21.1. The Hall–Kier alpha value is -4.41. The predicted octanol–water partition coefficient (Wildman–Crippen LogP) is 0.721. The normalized spacial score (nSPS) is 20.4. The highest BCUT2D eigenvalue weighted by atomic mass is 16.2. The average molecular weight is 474 g/mol. The summed E-state index contributed by atoms with van der Waals surface area (Å²) in [6, 6.07) is 8.59. The van der Waals surface area contributed by atoms with Gasteiger partial charge in [0.2, 0.25) is 11.8 Å². The van der Waals surface area contributed by atoms with Crippen LogP contribution in [0.4, 0.5) is 16.2 Å². The van der Waals surface area contributed by atoms with Crippen molar-refractivity contribution in [2.24, 2.45) is 0 Å². The van der Waals surface area contributed by atoms with Crippen molar-refractivity contribution in [3.8, 4) is 0 Å². The van der Waals surface area contributed by atoms with Crippen LogP contribution in [0.15, 0.2) is 35.1 Å². The van der Waals surface area contributed by atoms with Crippen LogP contribution in [0.5, 0.6) is 0 Å². The maximum atomic E-state index is 13.0. The predicted molar refractivity (Wildman–Crippen MR) is 126 cm³/mol. The molecule has 1 spiro atoms. The largest absolute Gasteiger partial charge is 0.330 e. The lowest BCUT2D eigenvalue weighted by Gasteiger charge is -2.27. The fraction of sp³-hybridized carbons (Fsp3) is 0.292. The van der Waals surface area contributed by atoms with Crippen molar-refractivity contribution in [1.82, 2.24) is 19.4 Å². The van der Waals surface area contributed by atoms with E-state index in [0.29, 0.717) is 35.2 Å². The van der Waals surface area contributed by atoms with Crippen molar-refractivity contribution in [2.45, 2.75) is 38.4 Å². The lowest BCUT2D eigenvalue weighted by molar-refractivity contribution is -0.126. The summed E-state index contributed by atoms with van der Waals surface area (Å²) in [4.78, 5) is 63.9. The molecule has 3 aromatic rings. The molecule has 1 saturated heterocycles. The second kappa shape index (κ2) is 7.05. The van der Waals surface area contributed by atoms with Crippen LogP contribution < -0.4 is 21.6 Å². The highest BCUT2D eigenvalue weighted by molar-refractivity contribution is 6.08. The zero-order valence-electron chi connectivity index (χ0n) is 19.1. The molecular formula is C24H22N6O5. The number of aromatic nitrogens is 2. The fourth-order valence-electron chi connectivity index (χ4n) is 5.44. The maximum absolute atomic E-state index is 13.0. The minimum absolute atomic E-state index is 0.100. The summed E-state index contributed by atoms with van der Waals surface area (Å²) >= 11 is 0. The molecule has 1 aliphatic carbocycles. The number of carbonyl (C=O) groups is 4. The van der Waals surface area contributed by atoms with E-state index in [1.807, 2.05) is 19.1 Å². The zero-order chi connectivity index (χ0) is 24.6. The number of imidazole rings is 1. The Morgan fingerprint density at radius 3 is 2.57 bits per heavy atom. The minimum Gasteiger partial charge on any atom is -0.325 e. The molecule has 1 unspecified atom stereocenters. The smallest absolute Gasteiger partial charge is 0.325 e. The van der Waals surface area contributed by atoms with Crippen molar-refractivity contribution in [3.05, 3.63) is 57.5 Å². The summed E-state index contributed by atoms with van der Waals surface area (Å²) in [5.74, 6) is -0.998. The number of hydrogen-bond acceptors (Lipinski definition) is 5. The van der Waals surface area contributed by atoms with Gasteiger partial charge < -0.3 is 15.5 Å². The van der Waals surface area contributed by atoms with Crippen molar-refractivity contribution >= 4 is 46.2 Å². The van der Waals surface area contributed by atoms with Gasteiger partial charge in [0.15, 0.2) is 0 Å². The summed E-state index contributed by atoms with van der Waals surface area (Å²) in [5.41, 5.74) is 3.58. The van der Waals surface area contributed by atoms with E-state index in [9.17, 15) is 24.0 Å². The van der Waals surface area contributed by atoms with Gasteiger partial charge in [-0.3, -0.25) is 28.8 Å². The second-order valence-electron chi connectivity index (χ2n) is 9.42.